The highest BCUT2D eigenvalue weighted by molar-refractivity contribution is 8.03. The molecule has 0 spiro atoms. The van der Waals surface area contributed by atoms with E-state index in [1.807, 2.05) is 18.2 Å². The minimum Gasteiger partial charge on any atom is -0.497 e. The number of nitrogens with zero attached hydrogens (tertiary/aromatic N) is 2. The van der Waals surface area contributed by atoms with Crippen molar-refractivity contribution in [1.29, 1.82) is 0 Å². The molecule has 28 heavy (non-hydrogen) atoms. The molecule has 1 amide bonds. The molecule has 0 unspecified atom stereocenters. The summed E-state index contributed by atoms with van der Waals surface area (Å²) < 4.78 is 12.1. The topological polar surface area (TPSA) is 73.3 Å². The fraction of sp³-hybridized carbons (Fsp3) is 0.211. The molecule has 0 fully saturated rings. The lowest BCUT2D eigenvalue weighted by Gasteiger charge is -2.09. The van der Waals surface area contributed by atoms with Crippen LogP contribution in [0.25, 0.3) is 0 Å². The number of hydrogen-bond acceptors (Lipinski definition) is 8. The maximum Gasteiger partial charge on any atom is 0.234 e. The number of benzene rings is 2. The van der Waals surface area contributed by atoms with E-state index < -0.39 is 0 Å². The summed E-state index contributed by atoms with van der Waals surface area (Å²) in [4.78, 5) is 12.2. The van der Waals surface area contributed by atoms with E-state index in [0.717, 1.165) is 14.4 Å². The van der Waals surface area contributed by atoms with Crippen LogP contribution in [0.5, 0.6) is 11.5 Å². The number of carbonyl (C=O) groups is 1. The lowest BCUT2D eigenvalue weighted by Crippen LogP contribution is -2.14. The summed E-state index contributed by atoms with van der Waals surface area (Å²) in [7, 11) is 3.14. The number of anilines is 1. The number of ether oxygens (including phenoxy) is 2. The molecule has 0 bridgehead atoms. The summed E-state index contributed by atoms with van der Waals surface area (Å²) >= 11 is 4.51. The van der Waals surface area contributed by atoms with Gasteiger partial charge in [0.05, 0.1) is 20.0 Å². The van der Waals surface area contributed by atoms with Crippen LogP contribution in [0.2, 0.25) is 0 Å². The van der Waals surface area contributed by atoms with Gasteiger partial charge in [0.1, 0.15) is 11.5 Å². The zero-order valence-corrected chi connectivity index (χ0v) is 17.8. The van der Waals surface area contributed by atoms with Gasteiger partial charge in [-0.3, -0.25) is 4.79 Å². The van der Waals surface area contributed by atoms with E-state index in [-0.39, 0.29) is 11.7 Å². The highest BCUT2D eigenvalue weighted by Crippen LogP contribution is 2.31. The molecule has 0 radical (unpaired) electrons. The van der Waals surface area contributed by atoms with Gasteiger partial charge in [-0.05, 0) is 5.56 Å². The van der Waals surface area contributed by atoms with Crippen molar-refractivity contribution >= 4 is 46.5 Å². The molecule has 2 aromatic carbocycles. The number of carbonyl (C=O) groups excluding carboxylic acids is 1. The summed E-state index contributed by atoms with van der Waals surface area (Å²) in [6, 6.07) is 15.5. The fourth-order valence-corrected chi connectivity index (χ4v) is 5.01. The number of thioether (sulfide) groups is 2. The molecule has 3 aromatic rings. The molecule has 0 aliphatic heterocycles. The second kappa shape index (κ2) is 10.4. The Morgan fingerprint density at radius 2 is 1.64 bits per heavy atom. The second-order valence-corrected chi connectivity index (χ2v) is 8.97. The molecule has 0 atom stereocenters. The lowest BCUT2D eigenvalue weighted by molar-refractivity contribution is -0.113. The standard InChI is InChI=1S/C19H19N3O3S3/c1-24-15-8-14(9-16(10-15)25-2)20-17(23)12-27-19-22-21-18(28-19)26-11-13-6-4-3-5-7-13/h3-10H,11-12H2,1-2H3,(H,20,23). The molecule has 1 aromatic heterocycles. The van der Waals surface area contributed by atoms with Crippen molar-refractivity contribution in [3.63, 3.8) is 0 Å². The highest BCUT2D eigenvalue weighted by atomic mass is 32.2. The normalized spacial score (nSPS) is 10.5. The van der Waals surface area contributed by atoms with E-state index in [1.165, 1.54) is 28.7 Å². The molecular weight excluding hydrogens is 414 g/mol. The first-order valence-electron chi connectivity index (χ1n) is 8.32. The van der Waals surface area contributed by atoms with Gasteiger partial charge in [-0.1, -0.05) is 65.2 Å². The van der Waals surface area contributed by atoms with Crippen molar-refractivity contribution in [2.24, 2.45) is 0 Å². The van der Waals surface area contributed by atoms with Crippen molar-refractivity contribution in [3.8, 4) is 11.5 Å². The molecule has 0 saturated heterocycles. The van der Waals surface area contributed by atoms with Gasteiger partial charge < -0.3 is 14.8 Å². The maximum atomic E-state index is 12.2. The minimum atomic E-state index is -0.131. The smallest absolute Gasteiger partial charge is 0.234 e. The summed E-state index contributed by atoms with van der Waals surface area (Å²) in [6.45, 7) is 0. The number of nitrogens with one attached hydrogen (secondary N) is 1. The van der Waals surface area contributed by atoms with Crippen LogP contribution in [0.15, 0.2) is 57.2 Å². The third-order valence-electron chi connectivity index (χ3n) is 3.55. The van der Waals surface area contributed by atoms with Gasteiger partial charge in [-0.25, -0.2) is 0 Å². The first kappa shape index (κ1) is 20.5. The molecule has 1 N–H and O–H groups in total. The van der Waals surface area contributed by atoms with E-state index in [4.69, 9.17) is 9.47 Å². The average molecular weight is 434 g/mol. The molecule has 9 heteroatoms. The van der Waals surface area contributed by atoms with Crippen molar-refractivity contribution in [2.45, 2.75) is 14.4 Å². The predicted octanol–water partition coefficient (Wildman–Crippen LogP) is 4.58. The van der Waals surface area contributed by atoms with Gasteiger partial charge in [-0.15, -0.1) is 10.2 Å². The van der Waals surface area contributed by atoms with E-state index in [2.05, 4.69) is 27.6 Å². The molecule has 0 aliphatic rings. The summed E-state index contributed by atoms with van der Waals surface area (Å²) in [6.07, 6.45) is 0. The van der Waals surface area contributed by atoms with Crippen LogP contribution in [0.1, 0.15) is 5.56 Å². The monoisotopic (exact) mass is 433 g/mol. The molecule has 6 nitrogen and oxygen atoms in total. The van der Waals surface area contributed by atoms with E-state index in [9.17, 15) is 4.79 Å². The summed E-state index contributed by atoms with van der Waals surface area (Å²) in [5, 5.41) is 11.2. The largest absolute Gasteiger partial charge is 0.497 e. The Morgan fingerprint density at radius 1 is 1.00 bits per heavy atom. The lowest BCUT2D eigenvalue weighted by atomic mass is 10.2. The Kier molecular flexibility index (Phi) is 7.58. The number of hydrogen-bond donors (Lipinski definition) is 1. The maximum absolute atomic E-state index is 12.2. The number of rotatable bonds is 9. The second-order valence-electron chi connectivity index (χ2n) is 5.55. The molecular formula is C19H19N3O3S3. The van der Waals surface area contributed by atoms with Gasteiger partial charge in [-0.2, -0.15) is 0 Å². The Hall–Kier alpha value is -2.23. The van der Waals surface area contributed by atoms with E-state index in [0.29, 0.717) is 17.2 Å². The van der Waals surface area contributed by atoms with Gasteiger partial charge in [0.25, 0.3) is 0 Å². The van der Waals surface area contributed by atoms with Gasteiger partial charge >= 0.3 is 0 Å². The summed E-state index contributed by atoms with van der Waals surface area (Å²) in [5.41, 5.74) is 1.86. The van der Waals surface area contributed by atoms with E-state index in [1.54, 1.807) is 44.2 Å². The number of amides is 1. The molecule has 3 rings (SSSR count). The highest BCUT2D eigenvalue weighted by Gasteiger charge is 2.10. The Morgan fingerprint density at radius 3 is 2.29 bits per heavy atom. The van der Waals surface area contributed by atoms with E-state index >= 15 is 0 Å². The zero-order chi connectivity index (χ0) is 19.8. The van der Waals surface area contributed by atoms with Crippen LogP contribution in [-0.2, 0) is 10.5 Å². The van der Waals surface area contributed by atoms with Crippen LogP contribution in [-0.4, -0.2) is 36.1 Å². The number of aromatic nitrogens is 2. The summed E-state index contributed by atoms with van der Waals surface area (Å²) in [5.74, 6) is 2.20. The van der Waals surface area contributed by atoms with Crippen molar-refractivity contribution in [2.75, 3.05) is 25.3 Å². The molecule has 1 heterocycles. The first-order chi connectivity index (χ1) is 13.7. The van der Waals surface area contributed by atoms with Crippen LogP contribution in [0.4, 0.5) is 5.69 Å². The minimum absolute atomic E-state index is 0.131. The van der Waals surface area contributed by atoms with Gasteiger partial charge in [0, 0.05) is 29.6 Å². The molecule has 146 valence electrons. The predicted molar refractivity (Wildman–Crippen MR) is 115 cm³/mol. The van der Waals surface area contributed by atoms with Crippen molar-refractivity contribution in [3.05, 3.63) is 54.1 Å². The van der Waals surface area contributed by atoms with Crippen molar-refractivity contribution in [1.82, 2.24) is 10.2 Å². The number of methoxy groups -OCH3 is 2. The zero-order valence-electron chi connectivity index (χ0n) is 15.4. The molecule has 0 aliphatic carbocycles. The Balaban J connectivity index is 1.49. The third-order valence-corrected chi connectivity index (χ3v) is 6.82. The van der Waals surface area contributed by atoms with Crippen molar-refractivity contribution < 1.29 is 14.3 Å². The Bertz CT molecular complexity index is 897. The SMILES string of the molecule is COc1cc(NC(=O)CSc2nnc(SCc3ccccc3)s2)cc(OC)c1. The van der Waals surface area contributed by atoms with Gasteiger partial charge in [0.2, 0.25) is 5.91 Å². The van der Waals surface area contributed by atoms with Gasteiger partial charge in [0.15, 0.2) is 8.68 Å². The van der Waals surface area contributed by atoms with Crippen LogP contribution >= 0.6 is 34.9 Å². The average Bonchev–Trinajstić information content (AvgIpc) is 3.19. The van der Waals surface area contributed by atoms with Crippen LogP contribution < -0.4 is 14.8 Å². The third kappa shape index (κ3) is 6.15. The quantitative estimate of drug-likeness (QED) is 0.495. The van der Waals surface area contributed by atoms with Crippen LogP contribution in [0.3, 0.4) is 0 Å². The first-order valence-corrected chi connectivity index (χ1v) is 11.1. The van der Waals surface area contributed by atoms with Crippen LogP contribution in [0, 0.1) is 0 Å². The fourth-order valence-electron chi connectivity index (χ4n) is 2.24. The molecule has 0 saturated carbocycles. The Labute approximate surface area is 176 Å².